The summed E-state index contributed by atoms with van der Waals surface area (Å²) in [4.78, 5) is 0.0297. The molecule has 90 valence electrons. The van der Waals surface area contributed by atoms with Crippen LogP contribution in [0.1, 0.15) is 5.69 Å². The Morgan fingerprint density at radius 3 is 2.35 bits per heavy atom. The molecule has 0 atom stereocenters. The summed E-state index contributed by atoms with van der Waals surface area (Å²) in [6.07, 6.45) is 1.40. The quantitative estimate of drug-likeness (QED) is 0.793. The topological polar surface area (TPSA) is 52.0 Å². The summed E-state index contributed by atoms with van der Waals surface area (Å²) < 4.78 is 24.9. The van der Waals surface area contributed by atoms with Crippen LogP contribution in [-0.4, -0.2) is 18.2 Å². The molecule has 2 rings (SSSR count). The van der Waals surface area contributed by atoms with E-state index >= 15 is 0 Å². The summed E-state index contributed by atoms with van der Waals surface area (Å²) in [6.45, 7) is 1.60. The van der Waals surface area contributed by atoms with E-state index in [1.54, 1.807) is 6.92 Å². The minimum Gasteiger partial charge on any atom is -0.239 e. The molecule has 0 radical (unpaired) electrons. The molecule has 0 aliphatic carbocycles. The second-order valence-corrected chi connectivity index (χ2v) is 6.89. The summed E-state index contributed by atoms with van der Waals surface area (Å²) in [7, 11) is 1.55. The Hall–Kier alpha value is -0.850. The molecule has 7 heteroatoms. The number of aryl methyl sites for hydroxylation is 1. The van der Waals surface area contributed by atoms with Crippen molar-refractivity contribution in [1.82, 2.24) is 9.78 Å². The van der Waals surface area contributed by atoms with Gasteiger partial charge in [0.05, 0.1) is 17.6 Å². The molecule has 2 aromatic rings. The van der Waals surface area contributed by atoms with E-state index in [0.29, 0.717) is 5.69 Å². The largest absolute Gasteiger partial charge is 0.264 e. The zero-order chi connectivity index (χ0) is 12.6. The molecule has 17 heavy (non-hydrogen) atoms. The third-order valence-corrected chi connectivity index (χ3v) is 4.16. The minimum absolute atomic E-state index is 0.0297. The molecule has 0 fully saturated rings. The maximum Gasteiger partial charge on any atom is 0.264 e. The Morgan fingerprint density at radius 1 is 1.29 bits per heavy atom. The number of hydrogen-bond acceptors (Lipinski definition) is 3. The van der Waals surface area contributed by atoms with Crippen LogP contribution in [0.4, 0.5) is 0 Å². The van der Waals surface area contributed by atoms with Gasteiger partial charge >= 0.3 is 0 Å². The van der Waals surface area contributed by atoms with Crippen molar-refractivity contribution < 1.29 is 8.42 Å². The van der Waals surface area contributed by atoms with Crippen molar-refractivity contribution in [3.63, 3.8) is 0 Å². The second kappa shape index (κ2) is 4.44. The highest BCUT2D eigenvalue weighted by Gasteiger charge is 2.17. The molecule has 0 amide bonds. The van der Waals surface area contributed by atoms with E-state index in [1.807, 2.05) is 24.3 Å². The average molecular weight is 336 g/mol. The Kier molecular flexibility index (Phi) is 3.29. The summed E-state index contributed by atoms with van der Waals surface area (Å²) in [5.74, 6) is 0. The molecule has 0 aliphatic heterocycles. The summed E-state index contributed by atoms with van der Waals surface area (Å²) in [5.41, 5.74) is 1.14. The molecule has 0 aliphatic rings. The zero-order valence-corrected chi connectivity index (χ0v) is 11.9. The fourth-order valence-corrected chi connectivity index (χ4v) is 2.75. The Labute approximate surface area is 112 Å². The van der Waals surface area contributed by atoms with Gasteiger partial charge in [-0.1, -0.05) is 15.9 Å². The molecule has 1 heterocycles. The summed E-state index contributed by atoms with van der Waals surface area (Å²) in [6, 6.07) is 7.34. The van der Waals surface area contributed by atoms with Gasteiger partial charge in [-0.3, -0.25) is 0 Å². The van der Waals surface area contributed by atoms with Crippen LogP contribution >= 0.6 is 26.6 Å². The highest BCUT2D eigenvalue weighted by atomic mass is 79.9. The van der Waals surface area contributed by atoms with Gasteiger partial charge in [0.25, 0.3) is 9.05 Å². The van der Waals surface area contributed by atoms with Gasteiger partial charge < -0.3 is 0 Å². The first-order chi connectivity index (χ1) is 7.88. The van der Waals surface area contributed by atoms with Crippen LogP contribution in [0, 0.1) is 6.92 Å². The van der Waals surface area contributed by atoms with Gasteiger partial charge in [-0.2, -0.15) is 5.10 Å². The number of halogens is 2. The number of hydrogen-bond donors (Lipinski definition) is 0. The van der Waals surface area contributed by atoms with Crippen molar-refractivity contribution >= 4 is 35.7 Å². The molecule has 1 aromatic heterocycles. The molecule has 0 saturated carbocycles. The molecule has 0 N–H and O–H groups in total. The predicted octanol–water partition coefficient (Wildman–Crippen LogP) is 2.87. The number of rotatable bonds is 2. The van der Waals surface area contributed by atoms with Crippen molar-refractivity contribution in [2.45, 2.75) is 11.8 Å². The molecular weight excluding hydrogens is 328 g/mol. The fraction of sp³-hybridized carbons (Fsp3) is 0.100. The van der Waals surface area contributed by atoms with Crippen molar-refractivity contribution in [2.24, 2.45) is 0 Å². The van der Waals surface area contributed by atoms with E-state index in [1.165, 1.54) is 10.9 Å². The minimum atomic E-state index is -3.75. The van der Waals surface area contributed by atoms with Crippen molar-refractivity contribution in [3.8, 4) is 5.69 Å². The Morgan fingerprint density at radius 2 is 1.88 bits per heavy atom. The lowest BCUT2D eigenvalue weighted by atomic mass is 10.3. The number of nitrogens with zero attached hydrogens (tertiary/aromatic N) is 2. The molecule has 0 saturated heterocycles. The van der Waals surface area contributed by atoms with Crippen molar-refractivity contribution in [1.29, 1.82) is 0 Å². The average Bonchev–Trinajstić information content (AvgIpc) is 2.61. The molecule has 0 bridgehead atoms. The van der Waals surface area contributed by atoms with Gasteiger partial charge in [0.15, 0.2) is 0 Å². The molecule has 1 aromatic carbocycles. The molecule has 0 unspecified atom stereocenters. The molecule has 4 nitrogen and oxygen atoms in total. The summed E-state index contributed by atoms with van der Waals surface area (Å²) in [5, 5.41) is 4.11. The van der Waals surface area contributed by atoms with E-state index < -0.39 is 9.05 Å². The van der Waals surface area contributed by atoms with E-state index in [0.717, 1.165) is 10.2 Å². The normalized spacial score (nSPS) is 11.7. The highest BCUT2D eigenvalue weighted by molar-refractivity contribution is 9.10. The smallest absolute Gasteiger partial charge is 0.239 e. The van der Waals surface area contributed by atoms with Crippen LogP contribution < -0.4 is 0 Å². The van der Waals surface area contributed by atoms with Crippen molar-refractivity contribution in [3.05, 3.63) is 40.6 Å². The van der Waals surface area contributed by atoms with Gasteiger partial charge in [0, 0.05) is 15.2 Å². The van der Waals surface area contributed by atoms with E-state index in [9.17, 15) is 8.42 Å². The standard InChI is InChI=1S/C10H8BrClN2O2S/c1-7-10(17(12,15)16)6-14(13-7)9-4-2-8(11)3-5-9/h2-6H,1H3. The monoisotopic (exact) mass is 334 g/mol. The van der Waals surface area contributed by atoms with Gasteiger partial charge in [0.2, 0.25) is 0 Å². The van der Waals surface area contributed by atoms with E-state index in [-0.39, 0.29) is 4.90 Å². The molecule has 0 spiro atoms. The lowest BCUT2D eigenvalue weighted by Crippen LogP contribution is -1.93. The maximum absolute atomic E-state index is 11.3. The summed E-state index contributed by atoms with van der Waals surface area (Å²) >= 11 is 3.32. The van der Waals surface area contributed by atoms with Gasteiger partial charge in [-0.05, 0) is 31.2 Å². The van der Waals surface area contributed by atoms with E-state index in [4.69, 9.17) is 10.7 Å². The highest BCUT2D eigenvalue weighted by Crippen LogP contribution is 2.21. The zero-order valence-electron chi connectivity index (χ0n) is 8.76. The maximum atomic E-state index is 11.3. The third-order valence-electron chi connectivity index (χ3n) is 2.21. The van der Waals surface area contributed by atoms with Crippen LogP contribution in [0.3, 0.4) is 0 Å². The van der Waals surface area contributed by atoms with Gasteiger partial charge in [-0.15, -0.1) is 0 Å². The number of benzene rings is 1. The predicted molar refractivity (Wildman–Crippen MR) is 69.0 cm³/mol. The van der Waals surface area contributed by atoms with Crippen LogP contribution in [0.15, 0.2) is 39.8 Å². The lowest BCUT2D eigenvalue weighted by Gasteiger charge is -2.00. The van der Waals surface area contributed by atoms with Gasteiger partial charge in [-0.25, -0.2) is 13.1 Å². The fourth-order valence-electron chi connectivity index (χ4n) is 1.41. The SMILES string of the molecule is Cc1nn(-c2ccc(Br)cc2)cc1S(=O)(=O)Cl. The van der Waals surface area contributed by atoms with Gasteiger partial charge in [0.1, 0.15) is 4.90 Å². The van der Waals surface area contributed by atoms with Crippen LogP contribution in [0.5, 0.6) is 0 Å². The Bertz CT molecular complexity index is 649. The Balaban J connectivity index is 2.52. The lowest BCUT2D eigenvalue weighted by molar-refractivity contribution is 0.609. The first kappa shape index (κ1) is 12.6. The number of aromatic nitrogens is 2. The van der Waals surface area contributed by atoms with Crippen LogP contribution in [0.25, 0.3) is 5.69 Å². The van der Waals surface area contributed by atoms with Crippen molar-refractivity contribution in [2.75, 3.05) is 0 Å². The third kappa shape index (κ3) is 2.70. The molecular formula is C10H8BrClN2O2S. The second-order valence-electron chi connectivity index (χ2n) is 3.44. The first-order valence-electron chi connectivity index (χ1n) is 4.65. The first-order valence-corrected chi connectivity index (χ1v) is 7.75. The van der Waals surface area contributed by atoms with Crippen LogP contribution in [-0.2, 0) is 9.05 Å². The van der Waals surface area contributed by atoms with E-state index in [2.05, 4.69) is 21.0 Å². The van der Waals surface area contributed by atoms with Crippen LogP contribution in [0.2, 0.25) is 0 Å².